The average Bonchev–Trinajstić information content (AvgIpc) is 2.61. The molecular weight excluding hydrogens is 410 g/mol. The van der Waals surface area contributed by atoms with Gasteiger partial charge >= 0.3 is 0 Å². The summed E-state index contributed by atoms with van der Waals surface area (Å²) in [5.41, 5.74) is 1.36. The van der Waals surface area contributed by atoms with Crippen molar-refractivity contribution in [2.45, 2.75) is 52.9 Å². The molecule has 0 aromatic heterocycles. The minimum atomic E-state index is -3.00. The summed E-state index contributed by atoms with van der Waals surface area (Å²) in [6, 6.07) is 9.10. The van der Waals surface area contributed by atoms with Crippen molar-refractivity contribution in [2.75, 3.05) is 0 Å². The van der Waals surface area contributed by atoms with Crippen molar-refractivity contribution in [1.29, 1.82) is 0 Å². The molecule has 0 fully saturated rings. The Balaban J connectivity index is 1.99. The number of ether oxygens (including phenoxy) is 1. The number of benzene rings is 2. The molecule has 1 aliphatic carbocycles. The van der Waals surface area contributed by atoms with Gasteiger partial charge in [0.1, 0.15) is 17.3 Å². The largest absolute Gasteiger partial charge is 0.512 e. The molecule has 1 N–H and O–H groups in total. The van der Waals surface area contributed by atoms with Crippen LogP contribution in [0.1, 0.15) is 57.2 Å². The van der Waals surface area contributed by atoms with E-state index in [1.807, 2.05) is 26.8 Å². The highest BCUT2D eigenvalue weighted by Crippen LogP contribution is 2.42. The molecule has 3 nitrogen and oxygen atoms in total. The van der Waals surface area contributed by atoms with E-state index in [1.165, 1.54) is 18.2 Å². The molecule has 0 atom stereocenters. The van der Waals surface area contributed by atoms with E-state index in [0.717, 1.165) is 12.5 Å². The predicted octanol–water partition coefficient (Wildman–Crippen LogP) is 7.46. The Bertz CT molecular complexity index is 1020. The normalized spacial score (nSPS) is 16.7. The second-order valence-electron chi connectivity index (χ2n) is 8.57. The number of hydrogen-bond acceptors (Lipinski definition) is 3. The molecule has 0 radical (unpaired) electrons. The fourth-order valence-corrected chi connectivity index (χ4v) is 3.96. The first kappa shape index (κ1) is 22.3. The Morgan fingerprint density at radius 2 is 1.87 bits per heavy atom. The first-order chi connectivity index (χ1) is 13.9. The van der Waals surface area contributed by atoms with Crippen LogP contribution in [-0.4, -0.2) is 10.9 Å². The summed E-state index contributed by atoms with van der Waals surface area (Å²) in [6.45, 7) is 6.67. The van der Waals surface area contributed by atoms with Gasteiger partial charge in [-0.15, -0.1) is 0 Å². The smallest absolute Gasteiger partial charge is 0.270 e. The highest BCUT2D eigenvalue weighted by atomic mass is 35.5. The van der Waals surface area contributed by atoms with Crippen molar-refractivity contribution in [1.82, 2.24) is 0 Å². The minimum absolute atomic E-state index is 0.0627. The minimum Gasteiger partial charge on any atom is -0.512 e. The van der Waals surface area contributed by atoms with Gasteiger partial charge in [0.05, 0.1) is 10.6 Å². The van der Waals surface area contributed by atoms with E-state index in [1.54, 1.807) is 12.1 Å². The van der Waals surface area contributed by atoms with Crippen molar-refractivity contribution in [3.05, 3.63) is 63.9 Å². The van der Waals surface area contributed by atoms with Gasteiger partial charge in [-0.2, -0.15) is 0 Å². The number of aliphatic hydroxyl groups is 1. The maximum atomic E-state index is 13.5. The molecule has 0 heterocycles. The summed E-state index contributed by atoms with van der Waals surface area (Å²) in [7, 11) is 0. The number of carbonyl (C=O) groups excluding carboxylic acids is 1. The fraction of sp³-hybridized carbons (Fsp3) is 0.375. The number of hydrogen-bond donors (Lipinski definition) is 1. The van der Waals surface area contributed by atoms with Gasteiger partial charge in [0, 0.05) is 25.3 Å². The maximum absolute atomic E-state index is 13.5. The van der Waals surface area contributed by atoms with Crippen LogP contribution in [0, 0.1) is 5.41 Å². The SMILES string of the molecule is CCc1ccc(Oc2ccc(C(C)(F)F)cc2Cl)cc1C1=C(O)CC(C)(C)CC1=O. The van der Waals surface area contributed by atoms with Crippen LogP contribution in [0.25, 0.3) is 5.57 Å². The Morgan fingerprint density at radius 3 is 2.43 bits per heavy atom. The molecule has 2 aromatic carbocycles. The zero-order valence-corrected chi connectivity index (χ0v) is 18.2. The Kier molecular flexibility index (Phi) is 5.96. The number of rotatable bonds is 5. The zero-order valence-electron chi connectivity index (χ0n) is 17.5. The molecule has 0 aliphatic heterocycles. The first-order valence-corrected chi connectivity index (χ1v) is 10.2. The lowest BCUT2D eigenvalue weighted by Crippen LogP contribution is -2.25. The van der Waals surface area contributed by atoms with E-state index >= 15 is 0 Å². The summed E-state index contributed by atoms with van der Waals surface area (Å²) in [5.74, 6) is -2.40. The molecule has 0 saturated heterocycles. The summed E-state index contributed by atoms with van der Waals surface area (Å²) in [5, 5.41) is 10.7. The highest BCUT2D eigenvalue weighted by Gasteiger charge is 2.34. The molecule has 3 rings (SSSR count). The van der Waals surface area contributed by atoms with E-state index in [4.69, 9.17) is 16.3 Å². The number of ketones is 1. The quantitative estimate of drug-likeness (QED) is 0.531. The second-order valence-corrected chi connectivity index (χ2v) is 8.98. The number of carbonyl (C=O) groups is 1. The average molecular weight is 435 g/mol. The molecule has 1 aliphatic rings. The zero-order chi connectivity index (χ0) is 22.3. The molecule has 0 amide bonds. The molecule has 0 bridgehead atoms. The van der Waals surface area contributed by atoms with E-state index in [2.05, 4.69) is 0 Å². The van der Waals surface area contributed by atoms with Crippen molar-refractivity contribution in [3.8, 4) is 11.5 Å². The topological polar surface area (TPSA) is 46.5 Å². The van der Waals surface area contributed by atoms with Crippen molar-refractivity contribution in [3.63, 3.8) is 0 Å². The molecule has 6 heteroatoms. The second kappa shape index (κ2) is 8.03. The molecule has 2 aromatic rings. The third-order valence-electron chi connectivity index (χ3n) is 5.25. The van der Waals surface area contributed by atoms with Crippen LogP contribution in [0.5, 0.6) is 11.5 Å². The van der Waals surface area contributed by atoms with Gasteiger partial charge in [-0.05, 0) is 53.3 Å². The molecule has 0 spiro atoms. The van der Waals surface area contributed by atoms with E-state index < -0.39 is 5.92 Å². The van der Waals surface area contributed by atoms with Crippen LogP contribution in [0.2, 0.25) is 5.02 Å². The molecule has 30 heavy (non-hydrogen) atoms. The van der Waals surface area contributed by atoms with Gasteiger partial charge in [-0.3, -0.25) is 4.79 Å². The van der Waals surface area contributed by atoms with Crippen LogP contribution in [0.3, 0.4) is 0 Å². The molecule has 160 valence electrons. The van der Waals surface area contributed by atoms with Crippen molar-refractivity contribution in [2.24, 2.45) is 5.41 Å². The van der Waals surface area contributed by atoms with Gasteiger partial charge in [0.15, 0.2) is 5.78 Å². The fourth-order valence-electron chi connectivity index (χ4n) is 3.74. The van der Waals surface area contributed by atoms with Crippen molar-refractivity contribution >= 4 is 23.0 Å². The lowest BCUT2D eigenvalue weighted by Gasteiger charge is -2.30. The highest BCUT2D eigenvalue weighted by molar-refractivity contribution is 6.32. The monoisotopic (exact) mass is 434 g/mol. The van der Waals surface area contributed by atoms with Crippen LogP contribution in [-0.2, 0) is 17.1 Å². The summed E-state index contributed by atoms with van der Waals surface area (Å²) >= 11 is 6.15. The predicted molar refractivity (Wildman–Crippen MR) is 114 cm³/mol. The number of allylic oxidation sites excluding steroid dienone is 2. The van der Waals surface area contributed by atoms with Gasteiger partial charge in [-0.25, -0.2) is 8.78 Å². The number of halogens is 3. The maximum Gasteiger partial charge on any atom is 0.270 e. The Labute approximate surface area is 180 Å². The molecule has 0 saturated carbocycles. The summed E-state index contributed by atoms with van der Waals surface area (Å²) in [6.07, 6.45) is 1.43. The van der Waals surface area contributed by atoms with E-state index in [-0.39, 0.29) is 33.3 Å². The van der Waals surface area contributed by atoms with Crippen LogP contribution >= 0.6 is 11.6 Å². The Morgan fingerprint density at radius 1 is 1.17 bits per heavy atom. The third kappa shape index (κ3) is 4.67. The first-order valence-electron chi connectivity index (χ1n) is 9.85. The number of aryl methyl sites for hydroxylation is 1. The standard InChI is InChI=1S/C24H25ClF2O3/c1-5-14-6-8-16(30-21-9-7-15(10-18(21)25)24(4,26)27)11-17(14)22-19(28)12-23(2,3)13-20(22)29/h6-11,28H,5,12-13H2,1-4H3. The summed E-state index contributed by atoms with van der Waals surface area (Å²) in [4.78, 5) is 12.8. The van der Waals surface area contributed by atoms with Gasteiger partial charge in [-0.1, -0.05) is 38.4 Å². The summed E-state index contributed by atoms with van der Waals surface area (Å²) < 4.78 is 32.8. The lowest BCUT2D eigenvalue weighted by atomic mass is 9.74. The Hall–Kier alpha value is -2.40. The van der Waals surface area contributed by atoms with Gasteiger partial charge in [0.2, 0.25) is 0 Å². The van der Waals surface area contributed by atoms with Crippen LogP contribution < -0.4 is 4.74 Å². The molecular formula is C24H25ClF2O3. The van der Waals surface area contributed by atoms with Gasteiger partial charge < -0.3 is 9.84 Å². The molecule has 0 unspecified atom stereocenters. The van der Waals surface area contributed by atoms with E-state index in [0.29, 0.717) is 36.1 Å². The number of Topliss-reactive ketones (excluding diaryl/α,β-unsaturated/α-hetero) is 1. The van der Waals surface area contributed by atoms with Gasteiger partial charge in [0.25, 0.3) is 5.92 Å². The van der Waals surface area contributed by atoms with Crippen LogP contribution in [0.4, 0.5) is 8.78 Å². The van der Waals surface area contributed by atoms with Crippen molar-refractivity contribution < 1.29 is 23.4 Å². The lowest BCUT2D eigenvalue weighted by molar-refractivity contribution is -0.116. The van der Waals surface area contributed by atoms with Crippen LogP contribution in [0.15, 0.2) is 42.2 Å². The third-order valence-corrected chi connectivity index (χ3v) is 5.55. The number of aliphatic hydroxyl groups excluding tert-OH is 1. The number of alkyl halides is 2. The van der Waals surface area contributed by atoms with E-state index in [9.17, 15) is 18.7 Å².